The minimum Gasteiger partial charge on any atom is -0.493 e. The molecule has 0 amide bonds. The van der Waals surface area contributed by atoms with Gasteiger partial charge in [-0.3, -0.25) is 4.79 Å². The second kappa shape index (κ2) is 10.7. The molecule has 0 radical (unpaired) electrons. The van der Waals surface area contributed by atoms with Gasteiger partial charge < -0.3 is 14.6 Å². The summed E-state index contributed by atoms with van der Waals surface area (Å²) in [5, 5.41) is 8.94. The maximum absolute atomic E-state index is 11.4. The predicted octanol–water partition coefficient (Wildman–Crippen LogP) is 5.48. The van der Waals surface area contributed by atoms with Crippen molar-refractivity contribution < 1.29 is 27.8 Å². The first kappa shape index (κ1) is 25.8. The highest BCUT2D eigenvalue weighted by Gasteiger charge is 2.22. The minimum atomic E-state index is -3.07. The van der Waals surface area contributed by atoms with E-state index in [0.717, 1.165) is 57.5 Å². The van der Waals surface area contributed by atoms with Crippen LogP contribution in [0.15, 0.2) is 54.6 Å². The van der Waals surface area contributed by atoms with E-state index in [0.29, 0.717) is 12.2 Å². The molecule has 1 aliphatic heterocycles. The summed E-state index contributed by atoms with van der Waals surface area (Å²) in [5.41, 5.74) is 7.62. The number of sulfone groups is 1. The number of rotatable bonds is 9. The molecule has 0 bridgehead atoms. The first-order valence-electron chi connectivity index (χ1n) is 12.1. The highest BCUT2D eigenvalue weighted by Crippen LogP contribution is 2.38. The zero-order chi connectivity index (χ0) is 25.9. The molecule has 0 aromatic heterocycles. The van der Waals surface area contributed by atoms with Crippen LogP contribution in [-0.4, -0.2) is 38.1 Å². The third-order valence-corrected chi connectivity index (χ3v) is 7.38. The molecular formula is C29H32O6S. The van der Waals surface area contributed by atoms with Crippen LogP contribution in [0.3, 0.4) is 0 Å². The fourth-order valence-electron chi connectivity index (χ4n) is 4.75. The molecule has 1 atom stereocenters. The Morgan fingerprint density at radius 2 is 1.83 bits per heavy atom. The van der Waals surface area contributed by atoms with Gasteiger partial charge in [-0.2, -0.15) is 0 Å². The maximum atomic E-state index is 11.4. The molecule has 1 heterocycles. The van der Waals surface area contributed by atoms with Crippen molar-refractivity contribution >= 4 is 15.8 Å². The van der Waals surface area contributed by atoms with E-state index in [1.807, 2.05) is 44.2 Å². The molecule has 3 aromatic carbocycles. The number of ether oxygens (including phenoxy) is 2. The van der Waals surface area contributed by atoms with Crippen LogP contribution in [0.2, 0.25) is 0 Å². The Balaban J connectivity index is 1.50. The zero-order valence-electron chi connectivity index (χ0n) is 20.9. The summed E-state index contributed by atoms with van der Waals surface area (Å²) in [4.78, 5) is 10.9. The number of aliphatic carboxylic acids is 1. The van der Waals surface area contributed by atoms with Crippen molar-refractivity contribution in [1.29, 1.82) is 0 Å². The molecule has 0 saturated carbocycles. The van der Waals surface area contributed by atoms with Crippen molar-refractivity contribution in [2.45, 2.75) is 45.6 Å². The molecule has 6 nitrogen and oxygen atoms in total. The van der Waals surface area contributed by atoms with Crippen LogP contribution in [-0.2, 0) is 27.5 Å². The van der Waals surface area contributed by atoms with E-state index in [1.165, 1.54) is 6.26 Å². The largest absolute Gasteiger partial charge is 0.493 e. The molecule has 7 heteroatoms. The third kappa shape index (κ3) is 6.46. The Labute approximate surface area is 212 Å². The normalized spacial score (nSPS) is 15.1. The fourth-order valence-corrected chi connectivity index (χ4v) is 5.14. The van der Waals surface area contributed by atoms with Crippen LogP contribution in [0.25, 0.3) is 11.1 Å². The van der Waals surface area contributed by atoms with Crippen molar-refractivity contribution in [3.8, 4) is 22.6 Å². The monoisotopic (exact) mass is 508 g/mol. The minimum absolute atomic E-state index is 0.0109. The Hall–Kier alpha value is -3.32. The van der Waals surface area contributed by atoms with Gasteiger partial charge in [-0.25, -0.2) is 8.42 Å². The van der Waals surface area contributed by atoms with Crippen molar-refractivity contribution in [1.82, 2.24) is 0 Å². The quantitative estimate of drug-likeness (QED) is 0.412. The second-order valence-electron chi connectivity index (χ2n) is 9.52. The molecule has 4 rings (SSSR count). The van der Waals surface area contributed by atoms with Gasteiger partial charge in [0.2, 0.25) is 0 Å². The van der Waals surface area contributed by atoms with Crippen LogP contribution < -0.4 is 9.47 Å². The summed E-state index contributed by atoms with van der Waals surface area (Å²) in [7, 11) is -3.07. The van der Waals surface area contributed by atoms with E-state index in [1.54, 1.807) is 0 Å². The van der Waals surface area contributed by atoms with Crippen LogP contribution in [0.1, 0.15) is 46.8 Å². The average molecular weight is 509 g/mol. The SMILES string of the molecule is Cc1cc(OCCS(C)(=O)=O)cc(C)c1-c1cccc(C2CCc3cc(CCC(=O)O)ccc3O2)c1. The van der Waals surface area contributed by atoms with Crippen LogP contribution >= 0.6 is 0 Å². The van der Waals surface area contributed by atoms with Crippen molar-refractivity contribution in [3.63, 3.8) is 0 Å². The lowest BCUT2D eigenvalue weighted by Gasteiger charge is -2.27. The van der Waals surface area contributed by atoms with Crippen molar-refractivity contribution in [3.05, 3.63) is 82.4 Å². The standard InChI is InChI=1S/C29H32O6S/c1-19-15-25(34-13-14-36(3,32)33)16-20(2)29(19)24-6-4-5-22(18-24)27-11-9-23-17-21(8-12-28(30)31)7-10-26(23)35-27/h4-7,10,15-18,27H,8-9,11-14H2,1-3H3,(H,30,31). The van der Waals surface area contributed by atoms with Crippen molar-refractivity contribution in [2.24, 2.45) is 0 Å². The molecule has 190 valence electrons. The number of fused-ring (bicyclic) bond motifs is 1. The number of carbonyl (C=O) groups is 1. The Bertz CT molecular complexity index is 1350. The summed E-state index contributed by atoms with van der Waals surface area (Å²) in [6, 6.07) is 18.3. The number of hydrogen-bond acceptors (Lipinski definition) is 5. The summed E-state index contributed by atoms with van der Waals surface area (Å²) in [5.74, 6) is 0.731. The zero-order valence-corrected chi connectivity index (χ0v) is 21.7. The van der Waals surface area contributed by atoms with Gasteiger partial charge in [0.15, 0.2) is 9.84 Å². The molecule has 0 spiro atoms. The van der Waals surface area contributed by atoms with Gasteiger partial charge in [0.1, 0.15) is 24.2 Å². The lowest BCUT2D eigenvalue weighted by atomic mass is 9.91. The van der Waals surface area contributed by atoms with Gasteiger partial charge >= 0.3 is 5.97 Å². The Morgan fingerprint density at radius 1 is 1.08 bits per heavy atom. The van der Waals surface area contributed by atoms with Crippen LogP contribution in [0.5, 0.6) is 11.5 Å². The number of hydrogen-bond donors (Lipinski definition) is 1. The van der Waals surface area contributed by atoms with Crippen molar-refractivity contribution in [2.75, 3.05) is 18.6 Å². The van der Waals surface area contributed by atoms with E-state index in [9.17, 15) is 13.2 Å². The van der Waals surface area contributed by atoms with Gasteiger partial charge in [-0.1, -0.05) is 30.3 Å². The maximum Gasteiger partial charge on any atom is 0.303 e. The molecule has 1 aliphatic rings. The summed E-state index contributed by atoms with van der Waals surface area (Å²) in [6.45, 7) is 4.20. The lowest BCUT2D eigenvalue weighted by molar-refractivity contribution is -0.136. The number of aryl methyl sites for hydroxylation is 4. The molecule has 1 unspecified atom stereocenters. The molecule has 0 fully saturated rings. The summed E-state index contributed by atoms with van der Waals surface area (Å²) in [6.07, 6.45) is 3.53. The highest BCUT2D eigenvalue weighted by molar-refractivity contribution is 7.90. The van der Waals surface area contributed by atoms with Gasteiger partial charge in [0.25, 0.3) is 0 Å². The number of carboxylic acids is 1. The summed E-state index contributed by atoms with van der Waals surface area (Å²) >= 11 is 0. The van der Waals surface area contributed by atoms with E-state index in [2.05, 4.69) is 24.3 Å². The molecule has 36 heavy (non-hydrogen) atoms. The molecule has 3 aromatic rings. The predicted molar refractivity (Wildman–Crippen MR) is 141 cm³/mol. The van der Waals surface area contributed by atoms with Gasteiger partial charge in [0, 0.05) is 12.7 Å². The van der Waals surface area contributed by atoms with E-state index in [4.69, 9.17) is 14.6 Å². The molecular weight excluding hydrogens is 476 g/mol. The van der Waals surface area contributed by atoms with Crippen LogP contribution in [0, 0.1) is 13.8 Å². The number of benzene rings is 3. The Kier molecular flexibility index (Phi) is 7.69. The Morgan fingerprint density at radius 3 is 2.53 bits per heavy atom. The first-order chi connectivity index (χ1) is 17.1. The third-order valence-electron chi connectivity index (χ3n) is 6.47. The van der Waals surface area contributed by atoms with E-state index in [-0.39, 0.29) is 24.9 Å². The summed E-state index contributed by atoms with van der Waals surface area (Å²) < 4.78 is 34.8. The highest BCUT2D eigenvalue weighted by atomic mass is 32.2. The average Bonchev–Trinajstić information content (AvgIpc) is 2.81. The van der Waals surface area contributed by atoms with E-state index < -0.39 is 15.8 Å². The van der Waals surface area contributed by atoms with Gasteiger partial charge in [0.05, 0.1) is 5.75 Å². The van der Waals surface area contributed by atoms with E-state index >= 15 is 0 Å². The first-order valence-corrected chi connectivity index (χ1v) is 14.2. The van der Waals surface area contributed by atoms with Gasteiger partial charge in [-0.15, -0.1) is 0 Å². The fraction of sp³-hybridized carbons (Fsp3) is 0.345. The molecule has 0 aliphatic carbocycles. The molecule has 1 N–H and O–H groups in total. The topological polar surface area (TPSA) is 89.9 Å². The van der Waals surface area contributed by atoms with Crippen LogP contribution in [0.4, 0.5) is 0 Å². The lowest BCUT2D eigenvalue weighted by Crippen LogP contribution is -2.15. The number of carboxylic acid groups (broad SMARTS) is 1. The molecule has 0 saturated heterocycles. The smallest absolute Gasteiger partial charge is 0.303 e. The second-order valence-corrected chi connectivity index (χ2v) is 11.8. The van der Waals surface area contributed by atoms with Gasteiger partial charge in [-0.05, 0) is 96.3 Å².